The molecule has 0 fully saturated rings. The second-order valence-corrected chi connectivity index (χ2v) is 3.12. The summed E-state index contributed by atoms with van der Waals surface area (Å²) in [7, 11) is 4.96. The third kappa shape index (κ3) is 4.05. The van der Waals surface area contributed by atoms with Crippen LogP contribution in [-0.2, 0) is 9.53 Å². The summed E-state index contributed by atoms with van der Waals surface area (Å²) in [6.45, 7) is 3.87. The molecule has 0 aromatic rings. The van der Waals surface area contributed by atoms with Crippen molar-refractivity contribution in [3.05, 3.63) is 12.7 Å². The standard InChI is InChI=1S/C9H17NO3/c1-5-8(11)7(6-10(2)3)9(12)13-4/h5,7-8,11H,1,6H2,2-4H3. The maximum atomic E-state index is 11.2. The highest BCUT2D eigenvalue weighted by atomic mass is 16.5. The molecule has 0 aromatic carbocycles. The summed E-state index contributed by atoms with van der Waals surface area (Å²) in [6.07, 6.45) is 0.486. The number of ether oxygens (including phenoxy) is 1. The van der Waals surface area contributed by atoms with Crippen LogP contribution in [0.25, 0.3) is 0 Å². The number of rotatable bonds is 5. The Balaban J connectivity index is 4.35. The van der Waals surface area contributed by atoms with Crippen molar-refractivity contribution in [2.45, 2.75) is 6.10 Å². The predicted octanol–water partition coefficient (Wildman–Crippen LogP) is -0.116. The summed E-state index contributed by atoms with van der Waals surface area (Å²) in [4.78, 5) is 13.0. The van der Waals surface area contributed by atoms with Gasteiger partial charge < -0.3 is 14.7 Å². The van der Waals surface area contributed by atoms with E-state index < -0.39 is 18.0 Å². The topological polar surface area (TPSA) is 49.8 Å². The number of aliphatic hydroxyl groups is 1. The lowest BCUT2D eigenvalue weighted by Gasteiger charge is -2.21. The van der Waals surface area contributed by atoms with Crippen molar-refractivity contribution in [2.75, 3.05) is 27.7 Å². The van der Waals surface area contributed by atoms with Crippen molar-refractivity contribution in [1.82, 2.24) is 4.90 Å². The monoisotopic (exact) mass is 187 g/mol. The lowest BCUT2D eigenvalue weighted by molar-refractivity contribution is -0.148. The number of nitrogens with zero attached hydrogens (tertiary/aromatic N) is 1. The largest absolute Gasteiger partial charge is 0.469 e. The second-order valence-electron chi connectivity index (χ2n) is 3.12. The molecule has 0 radical (unpaired) electrons. The van der Waals surface area contributed by atoms with Gasteiger partial charge >= 0.3 is 5.97 Å². The molecule has 2 atom stereocenters. The minimum absolute atomic E-state index is 0.416. The van der Waals surface area contributed by atoms with Crippen LogP contribution in [0.2, 0.25) is 0 Å². The molecule has 0 aliphatic heterocycles. The van der Waals surface area contributed by atoms with Crippen LogP contribution < -0.4 is 0 Å². The molecule has 0 amide bonds. The van der Waals surface area contributed by atoms with Crippen LogP contribution in [0.1, 0.15) is 0 Å². The first-order chi connectivity index (χ1) is 6.02. The lowest BCUT2D eigenvalue weighted by atomic mass is 10.0. The Hall–Kier alpha value is -0.870. The van der Waals surface area contributed by atoms with E-state index in [9.17, 15) is 9.90 Å². The Labute approximate surface area is 78.8 Å². The zero-order valence-corrected chi connectivity index (χ0v) is 8.36. The number of hydrogen-bond donors (Lipinski definition) is 1. The molecule has 0 heterocycles. The number of hydrogen-bond acceptors (Lipinski definition) is 4. The Kier molecular flexibility index (Phi) is 5.34. The van der Waals surface area contributed by atoms with Crippen LogP contribution >= 0.6 is 0 Å². The lowest BCUT2D eigenvalue weighted by Crippen LogP contribution is -2.36. The van der Waals surface area contributed by atoms with Gasteiger partial charge in [-0.05, 0) is 14.1 Å². The van der Waals surface area contributed by atoms with Crippen molar-refractivity contribution in [2.24, 2.45) is 5.92 Å². The number of carbonyl (C=O) groups is 1. The van der Waals surface area contributed by atoms with Gasteiger partial charge in [0.15, 0.2) is 0 Å². The molecule has 76 valence electrons. The third-order valence-corrected chi connectivity index (χ3v) is 1.72. The van der Waals surface area contributed by atoms with Gasteiger partial charge in [-0.1, -0.05) is 6.08 Å². The third-order valence-electron chi connectivity index (χ3n) is 1.72. The molecule has 0 spiro atoms. The Morgan fingerprint density at radius 3 is 2.54 bits per heavy atom. The fourth-order valence-electron chi connectivity index (χ4n) is 1.03. The molecule has 0 aromatic heterocycles. The molecule has 4 nitrogen and oxygen atoms in total. The molecule has 0 aliphatic rings. The average molecular weight is 187 g/mol. The van der Waals surface area contributed by atoms with Gasteiger partial charge in [0.05, 0.1) is 19.1 Å². The SMILES string of the molecule is C=CC(O)C(CN(C)C)C(=O)OC. The van der Waals surface area contributed by atoms with Crippen LogP contribution in [0, 0.1) is 5.92 Å². The van der Waals surface area contributed by atoms with Gasteiger partial charge in [0.2, 0.25) is 0 Å². The predicted molar refractivity (Wildman–Crippen MR) is 50.3 cm³/mol. The van der Waals surface area contributed by atoms with E-state index in [-0.39, 0.29) is 0 Å². The van der Waals surface area contributed by atoms with Gasteiger partial charge in [-0.3, -0.25) is 4.79 Å². The minimum Gasteiger partial charge on any atom is -0.469 e. The fraction of sp³-hybridized carbons (Fsp3) is 0.667. The van der Waals surface area contributed by atoms with Crippen molar-refractivity contribution in [1.29, 1.82) is 0 Å². The molecule has 0 saturated carbocycles. The van der Waals surface area contributed by atoms with E-state index in [2.05, 4.69) is 11.3 Å². The van der Waals surface area contributed by atoms with E-state index >= 15 is 0 Å². The van der Waals surface area contributed by atoms with Gasteiger partial charge in [-0.15, -0.1) is 6.58 Å². The normalized spacial score (nSPS) is 15.2. The van der Waals surface area contributed by atoms with Crippen LogP contribution in [0.3, 0.4) is 0 Å². The highest BCUT2D eigenvalue weighted by Crippen LogP contribution is 2.08. The molecule has 0 bridgehead atoms. The molecule has 13 heavy (non-hydrogen) atoms. The summed E-state index contributed by atoms with van der Waals surface area (Å²) in [5, 5.41) is 9.42. The molecule has 4 heteroatoms. The highest BCUT2D eigenvalue weighted by Gasteiger charge is 2.25. The van der Waals surface area contributed by atoms with E-state index in [1.807, 2.05) is 19.0 Å². The number of methoxy groups -OCH3 is 1. The van der Waals surface area contributed by atoms with E-state index in [1.165, 1.54) is 13.2 Å². The maximum absolute atomic E-state index is 11.2. The van der Waals surface area contributed by atoms with Crippen LogP contribution in [0.5, 0.6) is 0 Å². The van der Waals surface area contributed by atoms with Crippen molar-refractivity contribution in [3.8, 4) is 0 Å². The van der Waals surface area contributed by atoms with Gasteiger partial charge in [0.1, 0.15) is 0 Å². The molecule has 1 N–H and O–H groups in total. The van der Waals surface area contributed by atoms with Gasteiger partial charge in [-0.25, -0.2) is 0 Å². The Morgan fingerprint density at radius 2 is 2.23 bits per heavy atom. The van der Waals surface area contributed by atoms with Crippen molar-refractivity contribution >= 4 is 5.97 Å². The van der Waals surface area contributed by atoms with Gasteiger partial charge in [0, 0.05) is 6.54 Å². The zero-order chi connectivity index (χ0) is 10.4. The summed E-state index contributed by atoms with van der Waals surface area (Å²) in [5.41, 5.74) is 0. The van der Waals surface area contributed by atoms with Crippen LogP contribution in [0.4, 0.5) is 0 Å². The van der Waals surface area contributed by atoms with Gasteiger partial charge in [-0.2, -0.15) is 0 Å². The number of aliphatic hydroxyl groups excluding tert-OH is 1. The summed E-state index contributed by atoms with van der Waals surface area (Å²) in [5.74, 6) is -0.974. The highest BCUT2D eigenvalue weighted by molar-refractivity contribution is 5.73. The first-order valence-corrected chi connectivity index (χ1v) is 4.06. The molecule has 0 rings (SSSR count). The Morgan fingerprint density at radius 1 is 1.69 bits per heavy atom. The molecule has 0 aliphatic carbocycles. The van der Waals surface area contributed by atoms with Crippen molar-refractivity contribution in [3.63, 3.8) is 0 Å². The second kappa shape index (κ2) is 5.72. The van der Waals surface area contributed by atoms with Crippen molar-refractivity contribution < 1.29 is 14.6 Å². The summed E-state index contributed by atoms with van der Waals surface area (Å²) in [6, 6.07) is 0. The first kappa shape index (κ1) is 12.1. The first-order valence-electron chi connectivity index (χ1n) is 4.06. The number of carbonyl (C=O) groups excluding carboxylic acids is 1. The van der Waals surface area contributed by atoms with E-state index in [0.29, 0.717) is 6.54 Å². The smallest absolute Gasteiger partial charge is 0.312 e. The zero-order valence-electron chi connectivity index (χ0n) is 8.36. The summed E-state index contributed by atoms with van der Waals surface area (Å²) >= 11 is 0. The van der Waals surface area contributed by atoms with E-state index in [0.717, 1.165) is 0 Å². The van der Waals surface area contributed by atoms with E-state index in [4.69, 9.17) is 0 Å². The maximum Gasteiger partial charge on any atom is 0.312 e. The quantitative estimate of drug-likeness (QED) is 0.482. The molecule has 0 saturated heterocycles. The number of esters is 1. The molecule has 2 unspecified atom stereocenters. The molecular formula is C9H17NO3. The Bertz CT molecular complexity index is 180. The van der Waals surface area contributed by atoms with E-state index in [1.54, 1.807) is 0 Å². The van der Waals surface area contributed by atoms with Gasteiger partial charge in [0.25, 0.3) is 0 Å². The molecular weight excluding hydrogens is 170 g/mol. The average Bonchev–Trinajstić information content (AvgIpc) is 2.11. The minimum atomic E-state index is -0.852. The summed E-state index contributed by atoms with van der Waals surface area (Å²) < 4.78 is 4.56. The van der Waals surface area contributed by atoms with Crippen LogP contribution in [-0.4, -0.2) is 49.8 Å². The van der Waals surface area contributed by atoms with Crippen LogP contribution in [0.15, 0.2) is 12.7 Å². The fourth-order valence-corrected chi connectivity index (χ4v) is 1.03.